The molecule has 26 heavy (non-hydrogen) atoms. The fraction of sp³-hybridized carbons (Fsp3) is 0.500. The van der Waals surface area contributed by atoms with E-state index in [2.05, 4.69) is 9.88 Å². The third kappa shape index (κ3) is 3.38. The van der Waals surface area contributed by atoms with Crippen LogP contribution in [0.15, 0.2) is 23.7 Å². The second-order valence-electron chi connectivity index (χ2n) is 7.71. The van der Waals surface area contributed by atoms with Crippen molar-refractivity contribution in [3.63, 3.8) is 0 Å². The predicted molar refractivity (Wildman–Crippen MR) is 103 cm³/mol. The molecule has 4 heterocycles. The summed E-state index contributed by atoms with van der Waals surface area (Å²) >= 11 is 7.60. The van der Waals surface area contributed by atoms with E-state index in [9.17, 15) is 4.79 Å². The Morgan fingerprint density at radius 2 is 2.15 bits per heavy atom. The van der Waals surface area contributed by atoms with Gasteiger partial charge in [-0.1, -0.05) is 11.6 Å². The summed E-state index contributed by atoms with van der Waals surface area (Å²) in [4.78, 5) is 25.3. The van der Waals surface area contributed by atoms with Gasteiger partial charge in [0.25, 0.3) is 0 Å². The highest BCUT2D eigenvalue weighted by molar-refractivity contribution is 7.14. The lowest BCUT2D eigenvalue weighted by molar-refractivity contribution is 0.0215. The van der Waals surface area contributed by atoms with Gasteiger partial charge in [-0.25, -0.2) is 14.8 Å². The molecule has 4 rings (SSSR count). The lowest BCUT2D eigenvalue weighted by Gasteiger charge is -2.35. The average Bonchev–Trinajstić information content (AvgIpc) is 3.28. The monoisotopic (exact) mass is 392 g/mol. The number of amides is 1. The summed E-state index contributed by atoms with van der Waals surface area (Å²) in [5.74, 6) is 0. The van der Waals surface area contributed by atoms with Crippen molar-refractivity contribution in [2.75, 3.05) is 18.0 Å². The normalized spacial score (nSPS) is 22.2. The molecule has 2 unspecified atom stereocenters. The minimum atomic E-state index is -0.464. The Hall–Kier alpha value is -1.86. The zero-order chi connectivity index (χ0) is 18.5. The molecule has 2 aliphatic rings. The molecule has 0 aromatic carbocycles. The summed E-state index contributed by atoms with van der Waals surface area (Å²) in [6.45, 7) is 7.18. The molecule has 0 saturated carbocycles. The highest BCUT2D eigenvalue weighted by Gasteiger charge is 2.47. The van der Waals surface area contributed by atoms with Crippen molar-refractivity contribution in [1.82, 2.24) is 14.9 Å². The van der Waals surface area contributed by atoms with Crippen molar-refractivity contribution in [3.8, 4) is 11.3 Å². The van der Waals surface area contributed by atoms with Gasteiger partial charge in [-0.3, -0.25) is 0 Å². The molecule has 2 atom stereocenters. The van der Waals surface area contributed by atoms with Crippen molar-refractivity contribution in [2.45, 2.75) is 44.9 Å². The number of piperazine rings is 1. The van der Waals surface area contributed by atoms with Crippen LogP contribution >= 0.6 is 22.9 Å². The van der Waals surface area contributed by atoms with Crippen LogP contribution in [-0.2, 0) is 4.74 Å². The number of nitrogens with zero attached hydrogens (tertiary/aromatic N) is 4. The third-order valence-corrected chi connectivity index (χ3v) is 5.71. The number of hydrogen-bond donors (Lipinski definition) is 0. The number of pyridine rings is 1. The second kappa shape index (κ2) is 6.39. The summed E-state index contributed by atoms with van der Waals surface area (Å²) in [6.07, 6.45) is 2.44. The summed E-state index contributed by atoms with van der Waals surface area (Å²) < 4.78 is 5.53. The first-order valence-electron chi connectivity index (χ1n) is 8.64. The fourth-order valence-corrected chi connectivity index (χ4v) is 4.63. The van der Waals surface area contributed by atoms with Crippen molar-refractivity contribution < 1.29 is 9.53 Å². The predicted octanol–water partition coefficient (Wildman–Crippen LogP) is 4.06. The van der Waals surface area contributed by atoms with Gasteiger partial charge in [0.15, 0.2) is 5.13 Å². The number of carbonyl (C=O) groups is 1. The molecule has 8 heteroatoms. The van der Waals surface area contributed by atoms with Gasteiger partial charge in [-0.2, -0.15) is 0 Å². The Morgan fingerprint density at radius 1 is 1.35 bits per heavy atom. The topological polar surface area (TPSA) is 58.6 Å². The van der Waals surface area contributed by atoms with Gasteiger partial charge in [-0.15, -0.1) is 11.3 Å². The van der Waals surface area contributed by atoms with Crippen LogP contribution in [0.1, 0.15) is 27.2 Å². The molecule has 2 aromatic heterocycles. The lowest BCUT2D eigenvalue weighted by Crippen LogP contribution is -2.50. The van der Waals surface area contributed by atoms with Crippen LogP contribution in [0.25, 0.3) is 11.3 Å². The van der Waals surface area contributed by atoms with E-state index in [1.807, 2.05) is 43.2 Å². The van der Waals surface area contributed by atoms with E-state index in [1.165, 1.54) is 0 Å². The highest BCUT2D eigenvalue weighted by Crippen LogP contribution is 2.38. The number of thiazole rings is 1. The van der Waals surface area contributed by atoms with E-state index < -0.39 is 5.60 Å². The quantitative estimate of drug-likeness (QED) is 0.721. The first-order valence-corrected chi connectivity index (χ1v) is 9.89. The summed E-state index contributed by atoms with van der Waals surface area (Å²) in [5.41, 5.74) is 1.41. The summed E-state index contributed by atoms with van der Waals surface area (Å²) in [7, 11) is 0. The molecule has 6 nitrogen and oxygen atoms in total. The van der Waals surface area contributed by atoms with Gasteiger partial charge in [0.2, 0.25) is 0 Å². The third-order valence-electron chi connectivity index (χ3n) is 4.63. The number of aromatic nitrogens is 2. The van der Waals surface area contributed by atoms with E-state index in [1.54, 1.807) is 17.5 Å². The van der Waals surface area contributed by atoms with Gasteiger partial charge >= 0.3 is 6.09 Å². The van der Waals surface area contributed by atoms with Crippen LogP contribution in [0.3, 0.4) is 0 Å². The number of halogens is 1. The van der Waals surface area contributed by atoms with Crippen molar-refractivity contribution in [3.05, 3.63) is 28.9 Å². The first-order chi connectivity index (χ1) is 12.3. The maximum absolute atomic E-state index is 12.4. The van der Waals surface area contributed by atoms with Crippen LogP contribution in [0.2, 0.25) is 5.15 Å². The molecule has 1 amide bonds. The van der Waals surface area contributed by atoms with Crippen molar-refractivity contribution >= 4 is 34.2 Å². The zero-order valence-corrected chi connectivity index (χ0v) is 16.5. The smallest absolute Gasteiger partial charge is 0.410 e. The van der Waals surface area contributed by atoms with Crippen LogP contribution in [0, 0.1) is 0 Å². The molecular formula is C18H21ClN4O2S. The number of anilines is 1. The number of likely N-dealkylation sites (tertiary alicyclic amines) is 1. The summed E-state index contributed by atoms with van der Waals surface area (Å²) in [5, 5.41) is 3.49. The van der Waals surface area contributed by atoms with E-state index in [0.717, 1.165) is 29.4 Å². The number of carbonyl (C=O) groups excluding carboxylic acids is 1. The Kier molecular flexibility index (Phi) is 4.31. The van der Waals surface area contributed by atoms with Gasteiger partial charge in [0, 0.05) is 30.2 Å². The van der Waals surface area contributed by atoms with Gasteiger partial charge in [-0.05, 0) is 39.3 Å². The number of ether oxygens (including phenoxy) is 1. The van der Waals surface area contributed by atoms with Crippen molar-refractivity contribution in [1.29, 1.82) is 0 Å². The molecule has 2 saturated heterocycles. The molecule has 0 N–H and O–H groups in total. The Balaban J connectivity index is 1.46. The molecule has 138 valence electrons. The Bertz CT molecular complexity index is 835. The molecular weight excluding hydrogens is 372 g/mol. The zero-order valence-electron chi connectivity index (χ0n) is 15.0. The van der Waals surface area contributed by atoms with Crippen LogP contribution < -0.4 is 4.90 Å². The standard InChI is InChI=1S/C18H21ClN4O2S/c1-18(2,3)25-17(24)23-9-12-7-13(23)8-22(12)16-21-14(10-26-16)11-4-5-20-15(19)6-11/h4-6,10,12-13H,7-9H2,1-3H3. The highest BCUT2D eigenvalue weighted by atomic mass is 35.5. The SMILES string of the molecule is CC(C)(C)OC(=O)N1CC2CC1CN2c1nc(-c2ccnc(Cl)c2)cs1. The van der Waals surface area contributed by atoms with Gasteiger partial charge < -0.3 is 14.5 Å². The lowest BCUT2D eigenvalue weighted by atomic mass is 10.2. The van der Waals surface area contributed by atoms with E-state index >= 15 is 0 Å². The number of fused-ring (bicyclic) bond motifs is 2. The fourth-order valence-electron chi connectivity index (χ4n) is 3.54. The molecule has 2 fully saturated rings. The molecule has 2 bridgehead atoms. The maximum atomic E-state index is 12.4. The first kappa shape index (κ1) is 17.5. The van der Waals surface area contributed by atoms with E-state index in [4.69, 9.17) is 21.3 Å². The number of rotatable bonds is 2. The van der Waals surface area contributed by atoms with Crippen molar-refractivity contribution in [2.24, 2.45) is 0 Å². The molecule has 0 spiro atoms. The maximum Gasteiger partial charge on any atom is 0.410 e. The largest absolute Gasteiger partial charge is 0.444 e. The Labute approximate surface area is 161 Å². The minimum absolute atomic E-state index is 0.192. The van der Waals surface area contributed by atoms with E-state index in [-0.39, 0.29) is 12.1 Å². The molecule has 0 aliphatic carbocycles. The minimum Gasteiger partial charge on any atom is -0.444 e. The molecule has 0 radical (unpaired) electrons. The van der Waals surface area contributed by atoms with Gasteiger partial charge in [0.1, 0.15) is 10.8 Å². The van der Waals surface area contributed by atoms with Crippen LogP contribution in [0.4, 0.5) is 9.93 Å². The molecule has 2 aliphatic heterocycles. The van der Waals surface area contributed by atoms with Crippen LogP contribution in [0.5, 0.6) is 0 Å². The van der Waals surface area contributed by atoms with Gasteiger partial charge in [0.05, 0.1) is 17.8 Å². The molecule has 2 aromatic rings. The average molecular weight is 393 g/mol. The van der Waals surface area contributed by atoms with Crippen LogP contribution in [-0.4, -0.2) is 51.7 Å². The second-order valence-corrected chi connectivity index (χ2v) is 8.93. The summed E-state index contributed by atoms with van der Waals surface area (Å²) in [6, 6.07) is 4.22. The Morgan fingerprint density at radius 3 is 2.81 bits per heavy atom. The van der Waals surface area contributed by atoms with E-state index in [0.29, 0.717) is 17.7 Å². The number of hydrogen-bond acceptors (Lipinski definition) is 6.